The quantitative estimate of drug-likeness (QED) is 0.770. The second kappa shape index (κ2) is 5.24. The number of nitrogens with two attached hydrogens (primary N) is 1. The predicted octanol–water partition coefficient (Wildman–Crippen LogP) is 0.872. The lowest BCUT2D eigenvalue weighted by atomic mass is 10.0. The van der Waals surface area contributed by atoms with Gasteiger partial charge in [-0.3, -0.25) is 4.79 Å². The molecule has 0 saturated carbocycles. The number of benzene rings is 1. The Morgan fingerprint density at radius 1 is 1.62 bits per heavy atom. The monoisotopic (exact) mass is 222 g/mol. The summed E-state index contributed by atoms with van der Waals surface area (Å²) in [5, 5.41) is 8.80. The predicted molar refractivity (Wildman–Crippen MR) is 54.7 cm³/mol. The molecule has 16 heavy (non-hydrogen) atoms. The number of methoxy groups -OCH3 is 1. The highest BCUT2D eigenvalue weighted by atomic mass is 19.1. The van der Waals surface area contributed by atoms with Gasteiger partial charge in [0.05, 0.1) is 25.2 Å². The average molecular weight is 222 g/mol. The molecule has 4 nitrogen and oxygen atoms in total. The summed E-state index contributed by atoms with van der Waals surface area (Å²) in [7, 11) is 1.25. The zero-order valence-corrected chi connectivity index (χ0v) is 8.79. The average Bonchev–Trinajstić information content (AvgIpc) is 2.28. The van der Waals surface area contributed by atoms with E-state index >= 15 is 0 Å². The lowest BCUT2D eigenvalue weighted by Crippen LogP contribution is -2.08. The fourth-order valence-electron chi connectivity index (χ4n) is 1.34. The van der Waals surface area contributed by atoms with Crippen molar-refractivity contribution in [3.05, 3.63) is 34.6 Å². The van der Waals surface area contributed by atoms with E-state index in [9.17, 15) is 9.18 Å². The van der Waals surface area contributed by atoms with Crippen molar-refractivity contribution in [2.24, 2.45) is 5.73 Å². The second-order valence-corrected chi connectivity index (χ2v) is 3.17. The first-order valence-corrected chi connectivity index (χ1v) is 4.60. The van der Waals surface area contributed by atoms with E-state index in [0.29, 0.717) is 5.56 Å². The van der Waals surface area contributed by atoms with E-state index in [2.05, 4.69) is 4.74 Å². The van der Waals surface area contributed by atoms with Gasteiger partial charge in [0, 0.05) is 12.1 Å². The number of rotatable bonds is 3. The summed E-state index contributed by atoms with van der Waals surface area (Å²) in [6.07, 6.45) is -0.0625. The SMILES string of the molecule is COC(=O)Cc1cc(F)c(CN)c(C#N)c1. The number of carbonyl (C=O) groups is 1. The first-order chi connectivity index (χ1) is 7.62. The van der Waals surface area contributed by atoms with Gasteiger partial charge in [0.15, 0.2) is 0 Å². The molecule has 0 saturated heterocycles. The van der Waals surface area contributed by atoms with Crippen LogP contribution < -0.4 is 5.73 Å². The molecular formula is C11H11FN2O2. The minimum Gasteiger partial charge on any atom is -0.469 e. The molecule has 84 valence electrons. The molecule has 0 amide bonds. The molecule has 0 spiro atoms. The smallest absolute Gasteiger partial charge is 0.309 e. The molecule has 0 atom stereocenters. The van der Waals surface area contributed by atoms with Crippen LogP contribution in [0.4, 0.5) is 4.39 Å². The Bertz CT molecular complexity index is 452. The van der Waals surface area contributed by atoms with Crippen molar-refractivity contribution in [3.8, 4) is 6.07 Å². The van der Waals surface area contributed by atoms with Crippen molar-refractivity contribution >= 4 is 5.97 Å². The van der Waals surface area contributed by atoms with Gasteiger partial charge in [0.2, 0.25) is 0 Å². The van der Waals surface area contributed by atoms with Gasteiger partial charge >= 0.3 is 5.97 Å². The van der Waals surface area contributed by atoms with Gasteiger partial charge in [-0.1, -0.05) is 0 Å². The lowest BCUT2D eigenvalue weighted by molar-refractivity contribution is -0.139. The summed E-state index contributed by atoms with van der Waals surface area (Å²) < 4.78 is 17.9. The zero-order chi connectivity index (χ0) is 12.1. The molecule has 0 aromatic heterocycles. The number of hydrogen-bond acceptors (Lipinski definition) is 4. The maximum atomic E-state index is 13.5. The Balaban J connectivity index is 3.12. The van der Waals surface area contributed by atoms with Gasteiger partial charge in [0.1, 0.15) is 5.82 Å². The molecule has 0 fully saturated rings. The Hall–Kier alpha value is -1.93. The summed E-state index contributed by atoms with van der Waals surface area (Å²) >= 11 is 0. The van der Waals surface area contributed by atoms with Crippen LogP contribution in [0.2, 0.25) is 0 Å². The number of carbonyl (C=O) groups excluding carboxylic acids is 1. The van der Waals surface area contributed by atoms with Gasteiger partial charge in [-0.05, 0) is 17.7 Å². The van der Waals surface area contributed by atoms with E-state index in [0.717, 1.165) is 0 Å². The highest BCUT2D eigenvalue weighted by Crippen LogP contribution is 2.16. The van der Waals surface area contributed by atoms with Crippen molar-refractivity contribution in [3.63, 3.8) is 0 Å². The normalized spacial score (nSPS) is 9.62. The molecule has 1 aromatic rings. The van der Waals surface area contributed by atoms with Crippen LogP contribution in [0.15, 0.2) is 12.1 Å². The highest BCUT2D eigenvalue weighted by molar-refractivity contribution is 5.72. The molecule has 0 aliphatic carbocycles. The number of nitrogens with zero attached hydrogens (tertiary/aromatic N) is 1. The summed E-state index contributed by atoms with van der Waals surface area (Å²) in [5.74, 6) is -1.05. The van der Waals surface area contributed by atoms with Crippen molar-refractivity contribution < 1.29 is 13.9 Å². The standard InChI is InChI=1S/C11H11FN2O2/c1-16-11(15)4-7-2-8(5-13)9(6-14)10(12)3-7/h2-3H,4,6,14H2,1H3. The van der Waals surface area contributed by atoms with Crippen LogP contribution >= 0.6 is 0 Å². The number of nitriles is 1. The number of ether oxygens (including phenoxy) is 1. The minimum absolute atomic E-state index is 0.0484. The van der Waals surface area contributed by atoms with Gasteiger partial charge in [-0.2, -0.15) is 5.26 Å². The Kier molecular flexibility index (Phi) is 3.97. The molecule has 0 unspecified atom stereocenters. The second-order valence-electron chi connectivity index (χ2n) is 3.17. The fourth-order valence-corrected chi connectivity index (χ4v) is 1.34. The fraction of sp³-hybridized carbons (Fsp3) is 0.273. The molecule has 0 radical (unpaired) electrons. The first kappa shape index (κ1) is 12.1. The van der Waals surface area contributed by atoms with E-state index in [1.165, 1.54) is 19.2 Å². The maximum absolute atomic E-state index is 13.5. The summed E-state index contributed by atoms with van der Waals surface area (Å²) in [6.45, 7) is -0.0484. The molecule has 0 aliphatic rings. The third kappa shape index (κ3) is 2.55. The van der Waals surface area contributed by atoms with Crippen molar-refractivity contribution in [2.75, 3.05) is 7.11 Å². The van der Waals surface area contributed by atoms with E-state index in [1.54, 1.807) is 0 Å². The van der Waals surface area contributed by atoms with Crippen molar-refractivity contribution in [1.29, 1.82) is 5.26 Å². The van der Waals surface area contributed by atoms with E-state index in [4.69, 9.17) is 11.0 Å². The van der Waals surface area contributed by atoms with Crippen LogP contribution in [-0.4, -0.2) is 13.1 Å². The van der Waals surface area contributed by atoms with E-state index < -0.39 is 11.8 Å². The van der Waals surface area contributed by atoms with Crippen molar-refractivity contribution in [1.82, 2.24) is 0 Å². The third-order valence-corrected chi connectivity index (χ3v) is 2.16. The van der Waals surface area contributed by atoms with Crippen LogP contribution in [-0.2, 0) is 22.5 Å². The minimum atomic E-state index is -0.569. The summed E-state index contributed by atoms with van der Waals surface area (Å²) in [4.78, 5) is 11.0. The lowest BCUT2D eigenvalue weighted by Gasteiger charge is -2.06. The van der Waals surface area contributed by atoms with E-state index in [1.807, 2.05) is 6.07 Å². The number of hydrogen-bond donors (Lipinski definition) is 1. The van der Waals surface area contributed by atoms with E-state index in [-0.39, 0.29) is 24.1 Å². The van der Waals surface area contributed by atoms with Crippen LogP contribution in [0, 0.1) is 17.1 Å². The largest absolute Gasteiger partial charge is 0.469 e. The Morgan fingerprint density at radius 3 is 2.81 bits per heavy atom. The third-order valence-electron chi connectivity index (χ3n) is 2.16. The molecule has 0 aliphatic heterocycles. The first-order valence-electron chi connectivity index (χ1n) is 4.60. The van der Waals surface area contributed by atoms with Crippen LogP contribution in [0.5, 0.6) is 0 Å². The van der Waals surface area contributed by atoms with Gasteiger partial charge in [0.25, 0.3) is 0 Å². The van der Waals surface area contributed by atoms with Crippen molar-refractivity contribution in [2.45, 2.75) is 13.0 Å². The molecule has 1 rings (SSSR count). The molecule has 2 N–H and O–H groups in total. The van der Waals surface area contributed by atoms with Gasteiger partial charge in [-0.25, -0.2) is 4.39 Å². The molecule has 5 heteroatoms. The summed E-state index contributed by atoms with van der Waals surface area (Å²) in [5.41, 5.74) is 6.04. The van der Waals surface area contributed by atoms with Crippen LogP contribution in [0.1, 0.15) is 16.7 Å². The number of halogens is 1. The van der Waals surface area contributed by atoms with Gasteiger partial charge < -0.3 is 10.5 Å². The molecule has 0 bridgehead atoms. The number of esters is 1. The van der Waals surface area contributed by atoms with Crippen LogP contribution in [0.25, 0.3) is 0 Å². The van der Waals surface area contributed by atoms with Gasteiger partial charge in [-0.15, -0.1) is 0 Å². The Morgan fingerprint density at radius 2 is 2.31 bits per heavy atom. The maximum Gasteiger partial charge on any atom is 0.309 e. The zero-order valence-electron chi connectivity index (χ0n) is 8.79. The topological polar surface area (TPSA) is 76.1 Å². The Labute approximate surface area is 92.4 Å². The molecule has 0 heterocycles. The van der Waals surface area contributed by atoms with Crippen LogP contribution in [0.3, 0.4) is 0 Å². The molecular weight excluding hydrogens is 211 g/mol. The summed E-state index contributed by atoms with van der Waals surface area (Å²) in [6, 6.07) is 4.49. The highest BCUT2D eigenvalue weighted by Gasteiger charge is 2.11. The molecule has 1 aromatic carbocycles.